The van der Waals surface area contributed by atoms with E-state index in [0.717, 1.165) is 59.4 Å². The van der Waals surface area contributed by atoms with Crippen molar-refractivity contribution in [3.05, 3.63) is 47.5 Å². The quantitative estimate of drug-likeness (QED) is 0.224. The molecular weight excluding hydrogens is 730 g/mol. The van der Waals surface area contributed by atoms with Crippen LogP contribution in [0.25, 0.3) is 11.1 Å². The fourth-order valence-electron chi connectivity index (χ4n) is 6.42. The van der Waals surface area contributed by atoms with Gasteiger partial charge in [0.2, 0.25) is 11.8 Å². The van der Waals surface area contributed by atoms with Gasteiger partial charge in [0.05, 0.1) is 66.2 Å². The van der Waals surface area contributed by atoms with Gasteiger partial charge in [-0.05, 0) is 73.9 Å². The SMILES string of the molecule is C[N+]1(CCC(=O)Nc2ccc3c(c2)C(=O)c2cc(NC(=O)CC[N+]4(C)CCCCC4)ccc2-3)CCCCC1.[I-].[I-]. The largest absolute Gasteiger partial charge is 1.00 e. The summed E-state index contributed by atoms with van der Waals surface area (Å²) in [5.74, 6) is -0.0907. The second-order valence-electron chi connectivity index (χ2n) is 12.1. The third-order valence-corrected chi connectivity index (χ3v) is 8.94. The first-order chi connectivity index (χ1) is 18.2. The van der Waals surface area contributed by atoms with E-state index in [2.05, 4.69) is 24.7 Å². The van der Waals surface area contributed by atoms with Gasteiger partial charge in [-0.3, -0.25) is 14.4 Å². The van der Waals surface area contributed by atoms with Crippen molar-refractivity contribution in [2.75, 3.05) is 64.0 Å². The number of fused-ring (bicyclic) bond motifs is 3. The first-order valence-corrected chi connectivity index (χ1v) is 14.3. The molecule has 0 atom stereocenters. The normalized spacial score (nSPS) is 18.4. The lowest BCUT2D eigenvalue weighted by Crippen LogP contribution is -3.00. The molecule has 2 fully saturated rings. The predicted octanol–water partition coefficient (Wildman–Crippen LogP) is -1.18. The number of hydrogen-bond donors (Lipinski definition) is 2. The molecule has 0 aromatic heterocycles. The molecule has 0 spiro atoms. The topological polar surface area (TPSA) is 75.3 Å². The van der Waals surface area contributed by atoms with Crippen molar-refractivity contribution in [1.29, 1.82) is 0 Å². The summed E-state index contributed by atoms with van der Waals surface area (Å²) in [4.78, 5) is 38.6. The van der Waals surface area contributed by atoms with E-state index in [1.807, 2.05) is 24.3 Å². The minimum Gasteiger partial charge on any atom is -1.00 e. The van der Waals surface area contributed by atoms with Crippen molar-refractivity contribution in [2.45, 2.75) is 51.4 Å². The Morgan fingerprint density at radius 2 is 1.00 bits per heavy atom. The van der Waals surface area contributed by atoms with E-state index in [4.69, 9.17) is 0 Å². The molecule has 0 unspecified atom stereocenters. The van der Waals surface area contributed by atoms with Crippen LogP contribution in [0.5, 0.6) is 0 Å². The number of rotatable bonds is 8. The highest BCUT2D eigenvalue weighted by Gasteiger charge is 2.29. The summed E-state index contributed by atoms with van der Waals surface area (Å²) >= 11 is 0. The number of carbonyl (C=O) groups excluding carboxylic acids is 3. The Bertz CT molecular complexity index is 1140. The highest BCUT2D eigenvalue weighted by Crippen LogP contribution is 2.39. The molecule has 5 rings (SSSR count). The molecule has 9 heteroatoms. The molecule has 218 valence electrons. The lowest BCUT2D eigenvalue weighted by molar-refractivity contribution is -0.913. The van der Waals surface area contributed by atoms with Gasteiger partial charge in [-0.25, -0.2) is 0 Å². The Labute approximate surface area is 272 Å². The van der Waals surface area contributed by atoms with Crippen LogP contribution in [0.1, 0.15) is 67.3 Å². The Hall–Kier alpha value is -1.57. The summed E-state index contributed by atoms with van der Waals surface area (Å²) < 4.78 is 1.92. The number of halogens is 2. The number of likely N-dealkylation sites (tertiary alicyclic amines) is 2. The maximum Gasteiger partial charge on any atom is 0.230 e. The number of nitrogens with zero attached hydrogens (tertiary/aromatic N) is 2. The van der Waals surface area contributed by atoms with Crippen LogP contribution < -0.4 is 58.6 Å². The minimum absolute atomic E-state index is 0. The third kappa shape index (κ3) is 7.83. The van der Waals surface area contributed by atoms with Gasteiger partial charge in [-0.2, -0.15) is 0 Å². The van der Waals surface area contributed by atoms with Crippen LogP contribution in [-0.4, -0.2) is 79.9 Å². The molecule has 2 N–H and O–H groups in total. The van der Waals surface area contributed by atoms with Gasteiger partial charge < -0.3 is 67.6 Å². The maximum atomic E-state index is 13.3. The monoisotopic (exact) mass is 772 g/mol. The molecule has 2 aromatic rings. The van der Waals surface area contributed by atoms with Gasteiger partial charge >= 0.3 is 0 Å². The van der Waals surface area contributed by atoms with Gasteiger partial charge in [0.1, 0.15) is 0 Å². The number of benzene rings is 2. The predicted molar refractivity (Wildman–Crippen MR) is 151 cm³/mol. The lowest BCUT2D eigenvalue weighted by Gasteiger charge is -2.37. The number of anilines is 2. The molecule has 0 saturated carbocycles. The van der Waals surface area contributed by atoms with Crippen molar-refractivity contribution in [1.82, 2.24) is 0 Å². The van der Waals surface area contributed by atoms with Crippen LogP contribution in [0.3, 0.4) is 0 Å². The fraction of sp³-hybridized carbons (Fsp3) is 0.516. The minimum atomic E-state index is -0.0695. The molecule has 2 aliphatic heterocycles. The number of carbonyl (C=O) groups is 3. The van der Waals surface area contributed by atoms with Gasteiger partial charge in [-0.15, -0.1) is 0 Å². The van der Waals surface area contributed by atoms with E-state index in [1.54, 1.807) is 12.1 Å². The summed E-state index contributed by atoms with van der Waals surface area (Å²) in [7, 11) is 4.48. The summed E-state index contributed by atoms with van der Waals surface area (Å²) in [5.41, 5.74) is 4.24. The number of piperidine rings is 2. The van der Waals surface area contributed by atoms with E-state index < -0.39 is 0 Å². The van der Waals surface area contributed by atoms with Crippen molar-refractivity contribution < 1.29 is 71.3 Å². The Kier molecular flexibility index (Phi) is 11.6. The molecule has 40 heavy (non-hydrogen) atoms. The van der Waals surface area contributed by atoms with Crippen molar-refractivity contribution in [3.8, 4) is 11.1 Å². The van der Waals surface area contributed by atoms with E-state index >= 15 is 0 Å². The van der Waals surface area contributed by atoms with Crippen LogP contribution in [0.2, 0.25) is 0 Å². The Morgan fingerprint density at radius 3 is 1.38 bits per heavy atom. The van der Waals surface area contributed by atoms with Crippen LogP contribution in [-0.2, 0) is 9.59 Å². The maximum absolute atomic E-state index is 13.3. The van der Waals surface area contributed by atoms with E-state index in [-0.39, 0.29) is 65.6 Å². The van der Waals surface area contributed by atoms with Gasteiger partial charge in [0, 0.05) is 22.5 Å². The molecule has 0 bridgehead atoms. The van der Waals surface area contributed by atoms with Gasteiger partial charge in [0.15, 0.2) is 5.78 Å². The van der Waals surface area contributed by atoms with Crippen molar-refractivity contribution in [3.63, 3.8) is 0 Å². The molecule has 2 aromatic carbocycles. The Balaban J connectivity index is 0.00000220. The molecule has 2 heterocycles. The molecule has 1 aliphatic carbocycles. The number of hydrogen-bond acceptors (Lipinski definition) is 3. The van der Waals surface area contributed by atoms with Crippen LogP contribution in [0, 0.1) is 0 Å². The third-order valence-electron chi connectivity index (χ3n) is 8.94. The zero-order valence-electron chi connectivity index (χ0n) is 23.7. The summed E-state index contributed by atoms with van der Waals surface area (Å²) in [5, 5.41) is 6.00. The molecule has 2 amide bonds. The summed E-state index contributed by atoms with van der Waals surface area (Å²) in [6.07, 6.45) is 8.46. The molecule has 3 aliphatic rings. The Morgan fingerprint density at radius 1 is 0.625 bits per heavy atom. The average molecular weight is 773 g/mol. The van der Waals surface area contributed by atoms with E-state index in [0.29, 0.717) is 35.3 Å². The summed E-state index contributed by atoms with van der Waals surface area (Å²) in [6, 6.07) is 11.1. The lowest BCUT2D eigenvalue weighted by atomic mass is 10.0. The van der Waals surface area contributed by atoms with Crippen LogP contribution >= 0.6 is 0 Å². The first kappa shape index (κ1) is 32.9. The second-order valence-corrected chi connectivity index (χ2v) is 12.1. The van der Waals surface area contributed by atoms with Crippen molar-refractivity contribution >= 4 is 29.0 Å². The highest BCUT2D eigenvalue weighted by molar-refractivity contribution is 6.22. The second kappa shape index (κ2) is 14.1. The number of quaternary nitrogens is 2. The van der Waals surface area contributed by atoms with E-state index in [1.165, 1.54) is 38.5 Å². The molecule has 7 nitrogen and oxygen atoms in total. The standard InChI is InChI=1S/C31H40N4O3.2HI/c1-34(15-5-3-6-16-34)19-13-29(36)32-23-9-11-25-26-12-10-24(22-28(26)31(38)27(25)21-23)33-30(37)14-20-35(2)17-7-4-8-18-35;;/h9-12,21-22H,3-8,13-20H2,1-2H3;2*1H. The van der Waals surface area contributed by atoms with Gasteiger partial charge in [-0.1, -0.05) is 12.1 Å². The number of amides is 2. The number of ketones is 1. The van der Waals surface area contributed by atoms with Crippen LogP contribution in [0.15, 0.2) is 36.4 Å². The summed E-state index contributed by atoms with van der Waals surface area (Å²) in [6.45, 7) is 6.24. The van der Waals surface area contributed by atoms with Crippen molar-refractivity contribution in [2.24, 2.45) is 0 Å². The fourth-order valence-corrected chi connectivity index (χ4v) is 6.42. The van der Waals surface area contributed by atoms with E-state index in [9.17, 15) is 14.4 Å². The molecule has 2 saturated heterocycles. The molecular formula is C31H42I2N4O3. The highest BCUT2D eigenvalue weighted by atomic mass is 127. The number of nitrogens with one attached hydrogen (secondary N) is 2. The van der Waals surface area contributed by atoms with Crippen LogP contribution in [0.4, 0.5) is 11.4 Å². The zero-order valence-corrected chi connectivity index (χ0v) is 28.1. The smallest absolute Gasteiger partial charge is 0.230 e. The average Bonchev–Trinajstić information content (AvgIpc) is 3.18. The zero-order chi connectivity index (χ0) is 26.8. The first-order valence-electron chi connectivity index (χ1n) is 14.3. The molecule has 0 radical (unpaired) electrons. The van der Waals surface area contributed by atoms with Gasteiger partial charge in [0.25, 0.3) is 0 Å².